The van der Waals surface area contributed by atoms with Gasteiger partial charge in [-0.25, -0.2) is 24.1 Å². The molecule has 4 heterocycles. The number of nitrogens with two attached hydrogens (primary N) is 2. The summed E-state index contributed by atoms with van der Waals surface area (Å²) in [6.45, 7) is -0.766. The molecule has 0 spiro atoms. The summed E-state index contributed by atoms with van der Waals surface area (Å²) in [5, 5.41) is 0. The Labute approximate surface area is 231 Å². The third-order valence-electron chi connectivity index (χ3n) is 6.53. The van der Waals surface area contributed by atoms with E-state index in [0.717, 1.165) is 0 Å². The number of H-pyrrole nitrogens is 1. The lowest BCUT2D eigenvalue weighted by Crippen LogP contribution is -2.23. The van der Waals surface area contributed by atoms with E-state index in [1.54, 1.807) is 4.57 Å². The van der Waals surface area contributed by atoms with Crippen LogP contribution in [0.25, 0.3) is 11.2 Å². The molecule has 1 aliphatic heterocycles. The SMILES string of the molecule is Nc1cc(O[C@@H]2C[C@H](COP(=O)(O)O)[C@@H](OP(=O)(O)OC[C@@H]3CC[C@H](n4cnc5c(=O)[nH]c(N)nc54)O3)C2)ncn1. The van der Waals surface area contributed by atoms with Crippen molar-refractivity contribution in [3.8, 4) is 5.88 Å². The number of anilines is 2. The highest BCUT2D eigenvalue weighted by molar-refractivity contribution is 7.47. The predicted octanol–water partition coefficient (Wildman–Crippen LogP) is 0.221. The summed E-state index contributed by atoms with van der Waals surface area (Å²) < 4.78 is 52.5. The van der Waals surface area contributed by atoms with Gasteiger partial charge in [0.2, 0.25) is 11.8 Å². The van der Waals surface area contributed by atoms with E-state index in [4.69, 9.17) is 39.8 Å². The lowest BCUT2D eigenvalue weighted by atomic mass is 10.1. The number of ether oxygens (including phenoxy) is 2. The Morgan fingerprint density at radius 1 is 1.10 bits per heavy atom. The minimum absolute atomic E-state index is 0.0674. The van der Waals surface area contributed by atoms with Crippen LogP contribution >= 0.6 is 15.6 Å². The highest BCUT2D eigenvalue weighted by Gasteiger charge is 2.42. The first-order valence-corrected chi connectivity index (χ1v) is 15.4. The minimum Gasteiger partial charge on any atom is -0.474 e. The van der Waals surface area contributed by atoms with E-state index in [2.05, 4.69) is 29.4 Å². The Hall–Kier alpha value is -2.99. The quantitative estimate of drug-likeness (QED) is 0.157. The Morgan fingerprint density at radius 2 is 1.90 bits per heavy atom. The van der Waals surface area contributed by atoms with E-state index >= 15 is 0 Å². The second kappa shape index (κ2) is 11.7. The summed E-state index contributed by atoms with van der Waals surface area (Å²) in [6.07, 6.45) is 0.981. The summed E-state index contributed by atoms with van der Waals surface area (Å²) in [5.41, 5.74) is 11.1. The summed E-state index contributed by atoms with van der Waals surface area (Å²) in [7, 11) is -9.48. The van der Waals surface area contributed by atoms with Gasteiger partial charge in [0.25, 0.3) is 5.56 Å². The molecule has 0 amide bonds. The molecule has 0 bridgehead atoms. The van der Waals surface area contributed by atoms with Gasteiger partial charge in [-0.2, -0.15) is 4.98 Å². The van der Waals surface area contributed by atoms with Crippen LogP contribution in [0.4, 0.5) is 11.8 Å². The maximum atomic E-state index is 12.8. The molecule has 5 rings (SSSR count). The van der Waals surface area contributed by atoms with Gasteiger partial charge in [0.1, 0.15) is 24.5 Å². The van der Waals surface area contributed by atoms with Crippen LogP contribution in [-0.4, -0.2) is 75.7 Å². The first kappa shape index (κ1) is 29.5. The molecule has 0 aromatic carbocycles. The number of nitrogens with zero attached hydrogens (tertiary/aromatic N) is 5. The molecule has 1 saturated heterocycles. The number of phosphoric acid groups is 2. The zero-order valence-electron chi connectivity index (χ0n) is 21.3. The molecule has 41 heavy (non-hydrogen) atoms. The molecule has 6 atom stereocenters. The number of phosphoric ester groups is 2. The maximum absolute atomic E-state index is 12.8. The van der Waals surface area contributed by atoms with E-state index in [-0.39, 0.29) is 48.3 Å². The van der Waals surface area contributed by atoms with Crippen molar-refractivity contribution >= 4 is 38.6 Å². The van der Waals surface area contributed by atoms with Crippen LogP contribution in [0.2, 0.25) is 0 Å². The number of aromatic nitrogens is 6. The van der Waals surface area contributed by atoms with Gasteiger partial charge in [0, 0.05) is 18.4 Å². The average Bonchev–Trinajstić information content (AvgIpc) is 3.59. The Kier molecular flexibility index (Phi) is 8.43. The molecule has 3 aromatic rings. The van der Waals surface area contributed by atoms with Crippen molar-refractivity contribution in [2.24, 2.45) is 5.92 Å². The first-order chi connectivity index (χ1) is 19.3. The van der Waals surface area contributed by atoms with Crippen molar-refractivity contribution in [2.45, 2.75) is 50.2 Å². The van der Waals surface area contributed by atoms with Crippen LogP contribution in [-0.2, 0) is 27.4 Å². The first-order valence-electron chi connectivity index (χ1n) is 12.3. The number of rotatable bonds is 11. The van der Waals surface area contributed by atoms with Crippen molar-refractivity contribution in [3.63, 3.8) is 0 Å². The Bertz CT molecular complexity index is 1550. The van der Waals surface area contributed by atoms with Crippen molar-refractivity contribution in [1.82, 2.24) is 29.5 Å². The lowest BCUT2D eigenvalue weighted by molar-refractivity contribution is -0.0262. The molecule has 8 N–H and O–H groups in total. The number of nitrogen functional groups attached to an aromatic ring is 2. The summed E-state index contributed by atoms with van der Waals surface area (Å²) in [5.74, 6) is -0.476. The molecule has 224 valence electrons. The van der Waals surface area contributed by atoms with Crippen LogP contribution in [0, 0.1) is 5.92 Å². The topological polar surface area (TPSA) is 282 Å². The standard InChI is InChI=1S/C20H28N8O11P2/c21-14-5-15(24-8-23-14)37-12-3-10(6-35-40(30,31)32)13(4-12)39-41(33,34)36-7-11-1-2-16(38-11)28-9-25-17-18(28)26-20(22)27-19(17)29/h5,8-13,16H,1-4,6-7H2,(H,33,34)(H2,21,23,24)(H2,30,31,32)(H3,22,26,27,29)/t10-,11+,12-,13+,16-/m1/s1. The number of hydrogen-bond acceptors (Lipinski definition) is 14. The van der Waals surface area contributed by atoms with Crippen molar-refractivity contribution in [2.75, 3.05) is 24.7 Å². The van der Waals surface area contributed by atoms with Gasteiger partial charge in [0.05, 0.1) is 31.7 Å². The number of imidazole rings is 1. The fourth-order valence-corrected chi connectivity index (χ4v) is 6.17. The highest BCUT2D eigenvalue weighted by Crippen LogP contribution is 2.50. The van der Waals surface area contributed by atoms with E-state index in [1.165, 1.54) is 18.7 Å². The van der Waals surface area contributed by atoms with E-state index in [9.17, 15) is 18.8 Å². The summed E-state index contributed by atoms with van der Waals surface area (Å²) in [6, 6.07) is 1.39. The second-order valence-corrected chi connectivity index (χ2v) is 12.2. The molecule has 2 aliphatic rings. The number of fused-ring (bicyclic) bond motifs is 1. The molecule has 21 heteroatoms. The van der Waals surface area contributed by atoms with Crippen molar-refractivity contribution < 1.29 is 46.9 Å². The van der Waals surface area contributed by atoms with Gasteiger partial charge in [-0.3, -0.25) is 27.9 Å². The molecular formula is C20H28N8O11P2. The average molecular weight is 618 g/mol. The third kappa shape index (κ3) is 7.45. The van der Waals surface area contributed by atoms with E-state index in [1.807, 2.05) is 0 Å². The zero-order valence-corrected chi connectivity index (χ0v) is 23.0. The smallest absolute Gasteiger partial charge is 0.472 e. The second-order valence-electron chi connectivity index (χ2n) is 9.51. The van der Waals surface area contributed by atoms with Crippen molar-refractivity contribution in [1.29, 1.82) is 0 Å². The minimum atomic E-state index is -4.81. The van der Waals surface area contributed by atoms with Gasteiger partial charge in [0.15, 0.2) is 11.2 Å². The molecule has 1 saturated carbocycles. The predicted molar refractivity (Wildman–Crippen MR) is 138 cm³/mol. The molecule has 1 unspecified atom stereocenters. The highest BCUT2D eigenvalue weighted by atomic mass is 31.2. The van der Waals surface area contributed by atoms with E-state index < -0.39 is 58.3 Å². The molecule has 2 fully saturated rings. The van der Waals surface area contributed by atoms with Gasteiger partial charge in [-0.1, -0.05) is 0 Å². The normalized spacial score (nSPS) is 26.4. The largest absolute Gasteiger partial charge is 0.474 e. The summed E-state index contributed by atoms with van der Waals surface area (Å²) >= 11 is 0. The van der Waals surface area contributed by atoms with Crippen LogP contribution in [0.3, 0.4) is 0 Å². The van der Waals surface area contributed by atoms with Crippen LogP contribution in [0.5, 0.6) is 5.88 Å². The lowest BCUT2D eigenvalue weighted by Gasteiger charge is -2.23. The van der Waals surface area contributed by atoms with Gasteiger partial charge >= 0.3 is 15.6 Å². The molecule has 0 radical (unpaired) electrons. The fraction of sp³-hybridized carbons (Fsp3) is 0.550. The van der Waals surface area contributed by atoms with Gasteiger partial charge in [-0.15, -0.1) is 0 Å². The molecular weight excluding hydrogens is 590 g/mol. The monoisotopic (exact) mass is 618 g/mol. The molecule has 1 aliphatic carbocycles. The third-order valence-corrected chi connectivity index (χ3v) is 8.03. The van der Waals surface area contributed by atoms with Crippen LogP contribution in [0.15, 0.2) is 23.5 Å². The Morgan fingerprint density at radius 3 is 2.66 bits per heavy atom. The van der Waals surface area contributed by atoms with Crippen LogP contribution < -0.4 is 21.8 Å². The number of hydrogen-bond donors (Lipinski definition) is 6. The van der Waals surface area contributed by atoms with Crippen LogP contribution in [0.1, 0.15) is 31.9 Å². The Balaban J connectivity index is 1.19. The number of aromatic amines is 1. The zero-order chi connectivity index (χ0) is 29.4. The fourth-order valence-electron chi connectivity index (χ4n) is 4.77. The number of nitrogens with one attached hydrogen (secondary N) is 1. The van der Waals surface area contributed by atoms with Gasteiger partial charge in [-0.05, 0) is 19.3 Å². The van der Waals surface area contributed by atoms with E-state index in [0.29, 0.717) is 12.8 Å². The maximum Gasteiger partial charge on any atom is 0.472 e. The summed E-state index contributed by atoms with van der Waals surface area (Å²) in [4.78, 5) is 59.0. The van der Waals surface area contributed by atoms with Gasteiger partial charge < -0.3 is 35.6 Å². The molecule has 19 nitrogen and oxygen atoms in total. The van der Waals surface area contributed by atoms with Crippen molar-refractivity contribution in [3.05, 3.63) is 29.1 Å². The molecule has 3 aromatic heterocycles.